The summed E-state index contributed by atoms with van der Waals surface area (Å²) >= 11 is 0. The summed E-state index contributed by atoms with van der Waals surface area (Å²) in [4.78, 5) is 11.1. The van der Waals surface area contributed by atoms with Crippen LogP contribution in [0.1, 0.15) is 0 Å². The highest BCUT2D eigenvalue weighted by molar-refractivity contribution is 7.81. The molecule has 0 fully saturated rings. The van der Waals surface area contributed by atoms with Gasteiger partial charge in [-0.25, -0.2) is 20.3 Å². The number of nitrogens with one attached hydrogen (secondary N) is 4. The molecule has 0 saturated heterocycles. The fraction of sp³-hybridized carbons (Fsp3) is 0.111. The molecule has 39 heavy (non-hydrogen) atoms. The smallest absolute Gasteiger partial charge is 0.395 e. The van der Waals surface area contributed by atoms with Crippen LogP contribution < -0.4 is 47.0 Å². The number of nitrogens with zero attached hydrogens (tertiary/aromatic N) is 1. The largest absolute Gasteiger partial charge is 1.00 e. The lowest BCUT2D eigenvalue weighted by molar-refractivity contribution is -0.384. The number of nitro groups is 1. The van der Waals surface area contributed by atoms with E-state index in [4.69, 9.17) is 14.2 Å². The van der Waals surface area contributed by atoms with E-state index in [1.807, 2.05) is 72.8 Å². The van der Waals surface area contributed by atoms with Crippen LogP contribution in [-0.4, -0.2) is 26.3 Å². The van der Waals surface area contributed by atoms with Crippen LogP contribution in [0, 0.1) is 10.1 Å². The lowest BCUT2D eigenvalue weighted by atomic mass is 10.3. The van der Waals surface area contributed by atoms with Crippen LogP contribution in [-0.2, 0) is 0 Å². The summed E-state index contributed by atoms with van der Waals surface area (Å²) in [5.41, 5.74) is 2.90. The summed E-state index contributed by atoms with van der Waals surface area (Å²) in [6.07, 6.45) is 0. The zero-order valence-corrected chi connectivity index (χ0v) is 23.2. The third-order valence-corrected chi connectivity index (χ3v) is 7.89. The van der Waals surface area contributed by atoms with E-state index >= 15 is 0 Å². The highest BCUT2D eigenvalue weighted by Gasteiger charge is 2.41. The molecular weight excluding hydrogens is 541 g/mol. The van der Waals surface area contributed by atoms with Crippen molar-refractivity contribution >= 4 is 36.3 Å². The molecule has 10 nitrogen and oxygen atoms in total. The topological polar surface area (TPSA) is 119 Å². The molecule has 204 valence electrons. The van der Waals surface area contributed by atoms with E-state index < -0.39 is 12.8 Å². The van der Waals surface area contributed by atoms with Gasteiger partial charge >= 0.3 is 7.87 Å². The van der Waals surface area contributed by atoms with E-state index in [-0.39, 0.29) is 18.1 Å². The molecule has 4 aromatic carbocycles. The summed E-state index contributed by atoms with van der Waals surface area (Å²) in [5, 5.41) is 25.7. The second-order valence-corrected chi connectivity index (χ2v) is 10.3. The average molecular weight is 570 g/mol. The molecular formula is C27H29ClN5O5P. The number of rotatable bonds is 12. The number of ether oxygens (including phenoxy) is 3. The van der Waals surface area contributed by atoms with E-state index in [9.17, 15) is 10.1 Å². The molecule has 0 aliphatic rings. The SMILES string of the molecule is COc1ccc(N[P+](Nc2ccc(OC)cc2)(Nc2ccc(OC)cc2)Nc2cccc([N+](=O)[O-])c2)cc1.[Cl-]. The quantitative estimate of drug-likeness (QED) is 0.114. The Bertz CT molecular complexity index is 1240. The maximum absolute atomic E-state index is 11.5. The third-order valence-electron chi connectivity index (χ3n) is 5.51. The van der Waals surface area contributed by atoms with Crippen molar-refractivity contribution in [1.82, 2.24) is 0 Å². The van der Waals surface area contributed by atoms with Gasteiger partial charge in [-0.2, -0.15) is 0 Å². The number of methoxy groups -OCH3 is 3. The molecule has 4 N–H and O–H groups in total. The Labute approximate surface area is 233 Å². The summed E-state index contributed by atoms with van der Waals surface area (Å²) in [6, 6.07) is 28.9. The Balaban J connectivity index is 0.00000420. The molecule has 0 amide bonds. The Morgan fingerprint density at radius 1 is 0.590 bits per heavy atom. The lowest BCUT2D eigenvalue weighted by Crippen LogP contribution is -3.00. The van der Waals surface area contributed by atoms with Gasteiger partial charge in [0.2, 0.25) is 0 Å². The molecule has 0 bridgehead atoms. The predicted octanol–water partition coefficient (Wildman–Crippen LogP) is 4.05. The minimum absolute atomic E-state index is 0. The minimum Gasteiger partial charge on any atom is -1.00 e. The molecule has 0 spiro atoms. The number of benzene rings is 4. The molecule has 0 radical (unpaired) electrons. The van der Waals surface area contributed by atoms with E-state index in [1.165, 1.54) is 12.1 Å². The van der Waals surface area contributed by atoms with Crippen molar-refractivity contribution in [2.75, 3.05) is 41.7 Å². The fourth-order valence-electron chi connectivity index (χ4n) is 3.63. The number of nitro benzene ring substituents is 1. The minimum atomic E-state index is -2.85. The fourth-order valence-corrected chi connectivity index (χ4v) is 6.10. The van der Waals surface area contributed by atoms with Gasteiger partial charge in [0, 0.05) is 12.1 Å². The summed E-state index contributed by atoms with van der Waals surface area (Å²) in [5.74, 6) is 2.16. The van der Waals surface area contributed by atoms with E-state index in [1.54, 1.807) is 33.5 Å². The molecule has 12 heteroatoms. The van der Waals surface area contributed by atoms with Gasteiger partial charge in [-0.3, -0.25) is 10.1 Å². The van der Waals surface area contributed by atoms with Crippen molar-refractivity contribution < 1.29 is 31.5 Å². The molecule has 0 aliphatic heterocycles. The second-order valence-electron chi connectivity index (χ2n) is 8.11. The molecule has 4 aromatic rings. The molecule has 0 unspecified atom stereocenters. The Kier molecular flexibility index (Phi) is 10.0. The molecule has 4 rings (SSSR count). The van der Waals surface area contributed by atoms with Gasteiger partial charge in [-0.1, -0.05) is 6.07 Å². The number of halogens is 1. The van der Waals surface area contributed by atoms with E-state index in [0.29, 0.717) is 5.69 Å². The van der Waals surface area contributed by atoms with Crippen molar-refractivity contribution in [3.63, 3.8) is 0 Å². The number of hydrogen-bond donors (Lipinski definition) is 4. The van der Waals surface area contributed by atoms with Crippen LogP contribution in [0.4, 0.5) is 28.4 Å². The summed E-state index contributed by atoms with van der Waals surface area (Å²) in [6.45, 7) is 0. The first-order chi connectivity index (χ1) is 18.4. The first kappa shape index (κ1) is 29.2. The normalized spacial score (nSPS) is 10.4. The van der Waals surface area contributed by atoms with Gasteiger partial charge in [0.1, 0.15) is 17.2 Å². The summed E-state index contributed by atoms with van der Waals surface area (Å²) < 4.78 is 15.9. The van der Waals surface area contributed by atoms with Gasteiger partial charge in [0.05, 0.1) is 49.0 Å². The van der Waals surface area contributed by atoms with Crippen molar-refractivity contribution in [3.8, 4) is 17.2 Å². The predicted molar refractivity (Wildman–Crippen MR) is 153 cm³/mol. The zero-order valence-electron chi connectivity index (χ0n) is 21.6. The average Bonchev–Trinajstić information content (AvgIpc) is 2.94. The lowest BCUT2D eigenvalue weighted by Gasteiger charge is -2.29. The van der Waals surface area contributed by atoms with Crippen LogP contribution in [0.25, 0.3) is 0 Å². The molecule has 0 atom stereocenters. The Hall–Kier alpha value is -4.40. The van der Waals surface area contributed by atoms with Crippen LogP contribution in [0.15, 0.2) is 97.1 Å². The van der Waals surface area contributed by atoms with Crippen molar-refractivity contribution in [3.05, 3.63) is 107 Å². The third kappa shape index (κ3) is 7.80. The van der Waals surface area contributed by atoms with Gasteiger partial charge < -0.3 is 26.6 Å². The summed E-state index contributed by atoms with van der Waals surface area (Å²) in [7, 11) is 1.98. The van der Waals surface area contributed by atoms with Gasteiger partial charge in [0.25, 0.3) is 5.69 Å². The van der Waals surface area contributed by atoms with Gasteiger partial charge in [-0.05, 0) is 78.9 Å². The molecule has 0 saturated carbocycles. The standard InChI is InChI=1S/C27H29N5O5P.ClH/c1-35-25-13-7-20(8-14-25)28-38(29-21-9-15-26(36-2)16-10-21,30-22-11-17-27(37-3)18-12-22)31-23-5-4-6-24(19-23)32(33)34;/h4-19,28-31H,1-3H3;1H/q+1;/p-1. The zero-order chi connectivity index (χ0) is 27.0. The maximum atomic E-state index is 11.5. The first-order valence-electron chi connectivity index (χ1n) is 11.6. The van der Waals surface area contributed by atoms with Crippen molar-refractivity contribution in [2.45, 2.75) is 0 Å². The molecule has 0 aromatic heterocycles. The maximum Gasteiger partial charge on any atom is 0.395 e. The monoisotopic (exact) mass is 569 g/mol. The second kappa shape index (κ2) is 13.4. The van der Waals surface area contributed by atoms with E-state index in [2.05, 4.69) is 20.3 Å². The highest BCUT2D eigenvalue weighted by Crippen LogP contribution is 2.57. The van der Waals surface area contributed by atoms with Crippen LogP contribution >= 0.6 is 7.87 Å². The van der Waals surface area contributed by atoms with Gasteiger partial charge in [0.15, 0.2) is 0 Å². The number of anilines is 4. The number of hydrogen-bond acceptors (Lipinski definition) is 9. The van der Waals surface area contributed by atoms with Gasteiger partial charge in [-0.15, -0.1) is 0 Å². The van der Waals surface area contributed by atoms with Crippen LogP contribution in [0.3, 0.4) is 0 Å². The Morgan fingerprint density at radius 3 is 1.28 bits per heavy atom. The molecule has 0 heterocycles. The van der Waals surface area contributed by atoms with Crippen LogP contribution in [0.2, 0.25) is 0 Å². The van der Waals surface area contributed by atoms with Crippen LogP contribution in [0.5, 0.6) is 17.2 Å². The first-order valence-corrected chi connectivity index (χ1v) is 13.4. The Morgan fingerprint density at radius 2 is 0.949 bits per heavy atom. The number of non-ortho nitro benzene ring substituents is 1. The van der Waals surface area contributed by atoms with Crippen molar-refractivity contribution in [1.29, 1.82) is 0 Å². The highest BCUT2D eigenvalue weighted by atomic mass is 35.5. The van der Waals surface area contributed by atoms with Crippen molar-refractivity contribution in [2.24, 2.45) is 0 Å². The molecule has 0 aliphatic carbocycles. The van der Waals surface area contributed by atoms with E-state index in [0.717, 1.165) is 34.3 Å².